The molecular weight excluding hydrogens is 991 g/mol. The molecule has 2 rings (SSSR count). The number of allylic oxidation sites excluding steroid dienone is 9. The van der Waals surface area contributed by atoms with Gasteiger partial charge in [-0.2, -0.15) is 0 Å². The van der Waals surface area contributed by atoms with Gasteiger partial charge in [0.2, 0.25) is 5.91 Å². The largest absolute Gasteiger partial charge is 0.394 e. The lowest BCUT2D eigenvalue weighted by Gasteiger charge is -2.46. The van der Waals surface area contributed by atoms with E-state index < -0.39 is 86.8 Å². The predicted molar refractivity (Wildman–Crippen MR) is 314 cm³/mol. The lowest BCUT2D eigenvalue weighted by atomic mass is 9.97. The van der Waals surface area contributed by atoms with Crippen LogP contribution in [0.3, 0.4) is 0 Å². The van der Waals surface area contributed by atoms with E-state index in [0.29, 0.717) is 12.8 Å². The third kappa shape index (κ3) is 34.2. The van der Waals surface area contributed by atoms with Gasteiger partial charge in [-0.25, -0.2) is 0 Å². The van der Waals surface area contributed by atoms with Crippen LogP contribution in [0.4, 0.5) is 0 Å². The minimum atomic E-state index is -1.79. The Morgan fingerprint density at radius 1 is 0.462 bits per heavy atom. The number of carbonyl (C=O) groups excluding carboxylic acids is 1. The van der Waals surface area contributed by atoms with Crippen molar-refractivity contribution in [3.05, 3.63) is 60.8 Å². The normalized spacial score (nSPS) is 24.9. The van der Waals surface area contributed by atoms with Crippen LogP contribution < -0.4 is 5.32 Å². The van der Waals surface area contributed by atoms with Crippen LogP contribution in [0.5, 0.6) is 0 Å². The molecule has 2 heterocycles. The Morgan fingerprint density at radius 2 is 0.859 bits per heavy atom. The number of unbranched alkanes of at least 4 members (excludes halogenated alkanes) is 29. The number of rotatable bonds is 50. The van der Waals surface area contributed by atoms with E-state index in [1.807, 2.05) is 6.08 Å². The average molecular weight is 1110 g/mol. The van der Waals surface area contributed by atoms with Crippen molar-refractivity contribution >= 4 is 5.91 Å². The Kier molecular flexibility index (Phi) is 45.4. The summed E-state index contributed by atoms with van der Waals surface area (Å²) in [6.07, 6.45) is 47.1. The minimum absolute atomic E-state index is 0.250. The maximum Gasteiger partial charge on any atom is 0.220 e. The molecule has 454 valence electrons. The third-order valence-electron chi connectivity index (χ3n) is 15.2. The fourth-order valence-electron chi connectivity index (χ4n) is 10.1. The molecule has 0 aromatic heterocycles. The standard InChI is InChI=1S/C64H115NO13/c1-3-5-7-9-11-13-15-17-18-19-20-21-22-23-24-25-26-27-28-29-30-31-32-33-34-36-38-40-42-44-46-48-56(69)65-52(53(68)47-45-43-41-39-37-35-16-14-12-10-8-6-4-2)51-75-63-61(74)59(72)62(55(50-67)77-63)78-64-60(73)58(71)57(70)54(49-66)76-64/h15,17,19-20,22-23,37,39,45,47,52-55,57-64,66-68,70-74H,3-14,16,18,21,24-36,38,40-44,46,48-51H2,1-2H3,(H,65,69)/b17-15-,20-19-,23-22-,39-37+,47-45+. The number of hydrogen-bond donors (Lipinski definition) is 9. The summed E-state index contributed by atoms with van der Waals surface area (Å²) in [6.45, 7) is 2.76. The van der Waals surface area contributed by atoms with Crippen molar-refractivity contribution in [3.63, 3.8) is 0 Å². The van der Waals surface area contributed by atoms with Crippen LogP contribution in [0.1, 0.15) is 245 Å². The minimum Gasteiger partial charge on any atom is -0.394 e. The molecular formula is C64H115NO13. The zero-order chi connectivity index (χ0) is 56.7. The van der Waals surface area contributed by atoms with Gasteiger partial charge in [-0.15, -0.1) is 0 Å². The van der Waals surface area contributed by atoms with Gasteiger partial charge in [0.1, 0.15) is 48.8 Å². The molecule has 0 spiro atoms. The average Bonchev–Trinajstić information content (AvgIpc) is 3.47. The molecule has 0 saturated carbocycles. The Hall–Kier alpha value is -2.31. The summed E-state index contributed by atoms with van der Waals surface area (Å²) >= 11 is 0. The number of aliphatic hydroxyl groups excluding tert-OH is 8. The first kappa shape index (κ1) is 71.8. The van der Waals surface area contributed by atoms with Crippen LogP contribution >= 0.6 is 0 Å². The second-order valence-corrected chi connectivity index (χ2v) is 22.2. The van der Waals surface area contributed by atoms with Crippen molar-refractivity contribution in [1.29, 1.82) is 0 Å². The fraction of sp³-hybridized carbons (Fsp3) is 0.828. The first-order valence-corrected chi connectivity index (χ1v) is 31.5. The van der Waals surface area contributed by atoms with Gasteiger partial charge < -0.3 is 65.1 Å². The molecule has 1 amide bonds. The van der Waals surface area contributed by atoms with E-state index in [0.717, 1.165) is 44.9 Å². The molecule has 12 unspecified atom stereocenters. The van der Waals surface area contributed by atoms with Crippen molar-refractivity contribution in [1.82, 2.24) is 5.32 Å². The zero-order valence-corrected chi connectivity index (χ0v) is 48.9. The van der Waals surface area contributed by atoms with Crippen molar-refractivity contribution in [2.45, 2.75) is 319 Å². The number of nitrogens with one attached hydrogen (secondary N) is 1. The summed E-state index contributed by atoms with van der Waals surface area (Å²) in [6, 6.07) is -0.932. The number of ether oxygens (including phenoxy) is 4. The van der Waals surface area contributed by atoms with Gasteiger partial charge in [0, 0.05) is 6.42 Å². The second-order valence-electron chi connectivity index (χ2n) is 22.2. The lowest BCUT2D eigenvalue weighted by molar-refractivity contribution is -0.359. The SMILES string of the molecule is CCCCCCC/C=C\C/C=C\C/C=C\CCCCCCCCCCCCCCCCCCC(=O)NC(COC1OC(CO)C(OC2OC(CO)C(O)C(O)C2O)C(O)C1O)C(O)/C=C/CC/C=C/CCCCCCCCC. The van der Waals surface area contributed by atoms with Crippen molar-refractivity contribution in [2.75, 3.05) is 19.8 Å². The van der Waals surface area contributed by atoms with E-state index in [2.05, 4.69) is 67.8 Å². The summed E-state index contributed by atoms with van der Waals surface area (Å²) in [7, 11) is 0. The highest BCUT2D eigenvalue weighted by Crippen LogP contribution is 2.30. The Labute approximate surface area is 473 Å². The molecule has 12 atom stereocenters. The number of carbonyl (C=O) groups is 1. The van der Waals surface area contributed by atoms with E-state index in [-0.39, 0.29) is 18.9 Å². The number of aliphatic hydroxyl groups is 8. The molecule has 2 aliphatic heterocycles. The topological polar surface area (TPSA) is 228 Å². The maximum absolute atomic E-state index is 13.3. The quantitative estimate of drug-likeness (QED) is 0.0204. The zero-order valence-electron chi connectivity index (χ0n) is 48.9. The van der Waals surface area contributed by atoms with E-state index in [4.69, 9.17) is 18.9 Å². The molecule has 0 aromatic carbocycles. The molecule has 2 saturated heterocycles. The molecule has 0 bridgehead atoms. The van der Waals surface area contributed by atoms with Crippen molar-refractivity contribution < 1.29 is 64.6 Å². The van der Waals surface area contributed by atoms with Crippen LogP contribution in [0.2, 0.25) is 0 Å². The van der Waals surface area contributed by atoms with E-state index in [9.17, 15) is 45.6 Å². The van der Waals surface area contributed by atoms with Gasteiger partial charge >= 0.3 is 0 Å². The highest BCUT2D eigenvalue weighted by atomic mass is 16.7. The second kappa shape index (κ2) is 49.3. The first-order valence-electron chi connectivity index (χ1n) is 31.5. The van der Waals surface area contributed by atoms with Crippen LogP contribution in [0.25, 0.3) is 0 Å². The van der Waals surface area contributed by atoms with Crippen LogP contribution in [0, 0.1) is 0 Å². The molecule has 14 heteroatoms. The van der Waals surface area contributed by atoms with Crippen molar-refractivity contribution in [2.24, 2.45) is 0 Å². The molecule has 0 radical (unpaired) electrons. The molecule has 0 aromatic rings. The van der Waals surface area contributed by atoms with Crippen molar-refractivity contribution in [3.8, 4) is 0 Å². The fourth-order valence-corrected chi connectivity index (χ4v) is 10.1. The summed E-state index contributed by atoms with van der Waals surface area (Å²) in [5.74, 6) is -0.250. The molecule has 14 nitrogen and oxygen atoms in total. The number of hydrogen-bond acceptors (Lipinski definition) is 13. The highest BCUT2D eigenvalue weighted by Gasteiger charge is 2.51. The van der Waals surface area contributed by atoms with Crippen LogP contribution in [-0.4, -0.2) is 140 Å². The smallest absolute Gasteiger partial charge is 0.220 e. The third-order valence-corrected chi connectivity index (χ3v) is 15.2. The molecule has 78 heavy (non-hydrogen) atoms. The van der Waals surface area contributed by atoms with Gasteiger partial charge in [-0.05, 0) is 70.6 Å². The molecule has 2 fully saturated rings. The summed E-state index contributed by atoms with van der Waals surface area (Å²) in [5.41, 5.74) is 0. The monoisotopic (exact) mass is 1110 g/mol. The van der Waals surface area contributed by atoms with Crippen LogP contribution in [-0.2, 0) is 23.7 Å². The summed E-state index contributed by atoms with van der Waals surface area (Å²) in [4.78, 5) is 13.3. The van der Waals surface area contributed by atoms with E-state index in [1.165, 1.54) is 167 Å². The highest BCUT2D eigenvalue weighted by molar-refractivity contribution is 5.76. The predicted octanol–water partition coefficient (Wildman–Crippen LogP) is 11.3. The van der Waals surface area contributed by atoms with Crippen LogP contribution in [0.15, 0.2) is 60.8 Å². The number of amides is 1. The Morgan fingerprint density at radius 3 is 1.35 bits per heavy atom. The van der Waals surface area contributed by atoms with E-state index in [1.54, 1.807) is 6.08 Å². The van der Waals surface area contributed by atoms with Gasteiger partial charge in [0.25, 0.3) is 0 Å². The van der Waals surface area contributed by atoms with Gasteiger partial charge in [0.15, 0.2) is 12.6 Å². The molecule has 2 aliphatic rings. The van der Waals surface area contributed by atoms with Gasteiger partial charge in [0.05, 0.1) is 32.0 Å². The maximum atomic E-state index is 13.3. The molecule has 9 N–H and O–H groups in total. The summed E-state index contributed by atoms with van der Waals surface area (Å²) in [5, 5.41) is 87.0. The van der Waals surface area contributed by atoms with Gasteiger partial charge in [-0.3, -0.25) is 4.79 Å². The summed E-state index contributed by atoms with van der Waals surface area (Å²) < 4.78 is 22.7. The first-order chi connectivity index (χ1) is 38.1. The lowest BCUT2D eigenvalue weighted by Crippen LogP contribution is -2.65. The van der Waals surface area contributed by atoms with Gasteiger partial charge in [-0.1, -0.05) is 229 Å². The Balaban J connectivity index is 1.66. The molecule has 0 aliphatic carbocycles. The van der Waals surface area contributed by atoms with E-state index >= 15 is 0 Å². The Bertz CT molecular complexity index is 1540.